The van der Waals surface area contributed by atoms with Crippen molar-refractivity contribution in [3.05, 3.63) is 54.0 Å². The molecule has 2 rings (SSSR count). The highest BCUT2D eigenvalue weighted by atomic mass is 32.1. The van der Waals surface area contributed by atoms with Crippen molar-refractivity contribution in [1.82, 2.24) is 9.97 Å². The van der Waals surface area contributed by atoms with Gasteiger partial charge in [-0.2, -0.15) is 0 Å². The molecule has 0 aliphatic heterocycles. The quantitative estimate of drug-likeness (QED) is 0.826. The van der Waals surface area contributed by atoms with Crippen LogP contribution >= 0.6 is 11.3 Å². The molecule has 84 valence electrons. The van der Waals surface area contributed by atoms with Gasteiger partial charge in [-0.05, 0) is 30.9 Å². The molecule has 0 radical (unpaired) electrons. The lowest BCUT2D eigenvalue weighted by Gasteiger charge is -2.03. The van der Waals surface area contributed by atoms with E-state index in [2.05, 4.69) is 9.97 Å². The van der Waals surface area contributed by atoms with Crippen molar-refractivity contribution in [2.75, 3.05) is 0 Å². The molecule has 2 N–H and O–H groups in total. The van der Waals surface area contributed by atoms with Crippen LogP contribution in [0.1, 0.15) is 21.7 Å². The van der Waals surface area contributed by atoms with Crippen molar-refractivity contribution in [1.29, 1.82) is 0 Å². The Kier molecular flexibility index (Phi) is 2.78. The number of nitrogens with one attached hydrogen (secondary N) is 2. The van der Waals surface area contributed by atoms with Gasteiger partial charge in [0.25, 0.3) is 5.56 Å². The summed E-state index contributed by atoms with van der Waals surface area (Å²) < 4.78 is 0. The van der Waals surface area contributed by atoms with E-state index in [1.807, 2.05) is 18.4 Å². The zero-order valence-corrected chi connectivity index (χ0v) is 9.90. The Bertz CT molecular complexity index is 621. The summed E-state index contributed by atoms with van der Waals surface area (Å²) in [6.07, 6.45) is 0.571. The fraction of sp³-hybridized carbons (Fsp3) is 0.273. The molecule has 2 aromatic rings. The molecule has 0 aliphatic rings. The summed E-state index contributed by atoms with van der Waals surface area (Å²) in [5, 5.41) is 2.00. The van der Waals surface area contributed by atoms with Gasteiger partial charge < -0.3 is 4.98 Å². The van der Waals surface area contributed by atoms with Crippen molar-refractivity contribution in [2.24, 2.45) is 0 Å². The minimum Gasteiger partial charge on any atom is -0.311 e. The molecule has 0 atom stereocenters. The molecule has 0 aromatic carbocycles. The van der Waals surface area contributed by atoms with E-state index in [0.717, 1.165) is 4.88 Å². The third-order valence-electron chi connectivity index (χ3n) is 2.56. The smallest absolute Gasteiger partial charge is 0.311 e. The summed E-state index contributed by atoms with van der Waals surface area (Å²) in [7, 11) is 0. The van der Waals surface area contributed by atoms with Crippen LogP contribution in [-0.2, 0) is 6.42 Å². The summed E-state index contributed by atoms with van der Waals surface area (Å²) in [4.78, 5) is 28.7. The van der Waals surface area contributed by atoms with Gasteiger partial charge in [0, 0.05) is 22.6 Å². The zero-order valence-electron chi connectivity index (χ0n) is 9.09. The molecular weight excluding hydrogens is 224 g/mol. The van der Waals surface area contributed by atoms with Crippen LogP contribution in [-0.4, -0.2) is 9.97 Å². The van der Waals surface area contributed by atoms with Crippen LogP contribution in [0.15, 0.2) is 21.0 Å². The predicted molar refractivity (Wildman–Crippen MR) is 64.3 cm³/mol. The minimum absolute atomic E-state index is 0.297. The van der Waals surface area contributed by atoms with Crippen LogP contribution in [0.3, 0.4) is 0 Å². The summed E-state index contributed by atoms with van der Waals surface area (Å²) in [5.41, 5.74) is 1.70. The first-order valence-corrected chi connectivity index (χ1v) is 5.81. The summed E-state index contributed by atoms with van der Waals surface area (Å²) in [5.74, 6) is 0. The maximum absolute atomic E-state index is 11.6. The number of thiophene rings is 1. The SMILES string of the molecule is Cc1ccsc1Cc1c(C)[nH]c(=O)[nH]c1=O. The molecule has 0 amide bonds. The van der Waals surface area contributed by atoms with Gasteiger partial charge in [-0.25, -0.2) is 4.79 Å². The van der Waals surface area contributed by atoms with Gasteiger partial charge in [-0.15, -0.1) is 11.3 Å². The number of rotatable bonds is 2. The minimum atomic E-state index is -0.450. The number of hydrogen-bond acceptors (Lipinski definition) is 3. The normalized spacial score (nSPS) is 10.6. The standard InChI is InChI=1S/C11H12N2O2S/c1-6-3-4-16-9(6)5-8-7(2)12-11(15)13-10(8)14/h3-4H,5H2,1-2H3,(H2,12,13,14,15). The predicted octanol–water partition coefficient (Wildman–Crippen LogP) is 1.33. The largest absolute Gasteiger partial charge is 0.325 e. The Labute approximate surface area is 96.0 Å². The number of H-pyrrole nitrogens is 2. The van der Waals surface area contributed by atoms with Gasteiger partial charge in [0.2, 0.25) is 0 Å². The maximum Gasteiger partial charge on any atom is 0.325 e. The third-order valence-corrected chi connectivity index (χ3v) is 3.58. The van der Waals surface area contributed by atoms with E-state index in [9.17, 15) is 9.59 Å². The average Bonchev–Trinajstić information content (AvgIpc) is 2.57. The Morgan fingerprint density at radius 2 is 2.00 bits per heavy atom. The lowest BCUT2D eigenvalue weighted by Crippen LogP contribution is -2.27. The molecule has 0 unspecified atom stereocenters. The molecule has 0 spiro atoms. The molecule has 0 aliphatic carbocycles. The summed E-state index contributed by atoms with van der Waals surface area (Å²) in [6, 6.07) is 2.02. The van der Waals surface area contributed by atoms with E-state index in [1.54, 1.807) is 18.3 Å². The van der Waals surface area contributed by atoms with Crippen LogP contribution in [0.5, 0.6) is 0 Å². The molecular formula is C11H12N2O2S. The van der Waals surface area contributed by atoms with Crippen molar-refractivity contribution < 1.29 is 0 Å². The van der Waals surface area contributed by atoms with Crippen molar-refractivity contribution in [2.45, 2.75) is 20.3 Å². The summed E-state index contributed by atoms with van der Waals surface area (Å²) in [6.45, 7) is 3.76. The molecule has 2 heterocycles. The molecule has 0 fully saturated rings. The van der Waals surface area contributed by atoms with Gasteiger partial charge in [-0.3, -0.25) is 9.78 Å². The number of aromatic nitrogens is 2. The Hall–Kier alpha value is -1.62. The zero-order chi connectivity index (χ0) is 11.7. The van der Waals surface area contributed by atoms with Crippen LogP contribution in [0.4, 0.5) is 0 Å². The van der Waals surface area contributed by atoms with Gasteiger partial charge in [0.1, 0.15) is 0 Å². The van der Waals surface area contributed by atoms with E-state index in [-0.39, 0.29) is 5.56 Å². The highest BCUT2D eigenvalue weighted by molar-refractivity contribution is 7.10. The summed E-state index contributed by atoms with van der Waals surface area (Å²) >= 11 is 1.62. The van der Waals surface area contributed by atoms with Crippen LogP contribution in [0.25, 0.3) is 0 Å². The van der Waals surface area contributed by atoms with E-state index in [4.69, 9.17) is 0 Å². The lowest BCUT2D eigenvalue weighted by atomic mass is 10.1. The van der Waals surface area contributed by atoms with Gasteiger partial charge >= 0.3 is 5.69 Å². The Balaban J connectivity index is 2.47. The topological polar surface area (TPSA) is 65.7 Å². The number of hydrogen-bond donors (Lipinski definition) is 2. The second-order valence-corrected chi connectivity index (χ2v) is 4.72. The van der Waals surface area contributed by atoms with Gasteiger partial charge in [-0.1, -0.05) is 0 Å². The van der Waals surface area contributed by atoms with E-state index >= 15 is 0 Å². The second kappa shape index (κ2) is 4.09. The van der Waals surface area contributed by atoms with Gasteiger partial charge in [0.05, 0.1) is 0 Å². The molecule has 0 saturated carbocycles. The highest BCUT2D eigenvalue weighted by Crippen LogP contribution is 2.18. The molecule has 4 nitrogen and oxygen atoms in total. The first-order valence-electron chi connectivity index (χ1n) is 4.93. The average molecular weight is 236 g/mol. The van der Waals surface area contributed by atoms with Crippen LogP contribution in [0.2, 0.25) is 0 Å². The van der Waals surface area contributed by atoms with E-state index in [1.165, 1.54) is 5.56 Å². The molecule has 5 heteroatoms. The van der Waals surface area contributed by atoms with Crippen molar-refractivity contribution >= 4 is 11.3 Å². The first kappa shape index (κ1) is 10.9. The molecule has 16 heavy (non-hydrogen) atoms. The molecule has 2 aromatic heterocycles. The second-order valence-electron chi connectivity index (χ2n) is 3.72. The van der Waals surface area contributed by atoms with E-state index in [0.29, 0.717) is 17.7 Å². The fourth-order valence-electron chi connectivity index (χ4n) is 1.58. The van der Waals surface area contributed by atoms with Crippen molar-refractivity contribution in [3.8, 4) is 0 Å². The third kappa shape index (κ3) is 1.99. The molecule has 0 bridgehead atoms. The lowest BCUT2D eigenvalue weighted by molar-refractivity contribution is 0.937. The van der Waals surface area contributed by atoms with Crippen molar-refractivity contribution in [3.63, 3.8) is 0 Å². The Morgan fingerprint density at radius 3 is 2.56 bits per heavy atom. The monoisotopic (exact) mass is 236 g/mol. The number of aryl methyl sites for hydroxylation is 2. The molecule has 0 saturated heterocycles. The highest BCUT2D eigenvalue weighted by Gasteiger charge is 2.09. The fourth-order valence-corrected chi connectivity index (χ4v) is 2.50. The van der Waals surface area contributed by atoms with Crippen LogP contribution in [0, 0.1) is 13.8 Å². The van der Waals surface area contributed by atoms with Gasteiger partial charge in [0.15, 0.2) is 0 Å². The Morgan fingerprint density at radius 1 is 1.25 bits per heavy atom. The van der Waals surface area contributed by atoms with E-state index < -0.39 is 5.69 Å². The maximum atomic E-state index is 11.6. The first-order chi connectivity index (χ1) is 7.58. The number of aromatic amines is 2. The van der Waals surface area contributed by atoms with Crippen LogP contribution < -0.4 is 11.2 Å².